The zero-order valence-corrected chi connectivity index (χ0v) is 16.4. The molecule has 2 aromatic rings. The third-order valence-electron chi connectivity index (χ3n) is 5.86. The lowest BCUT2D eigenvalue weighted by molar-refractivity contribution is -0.199. The van der Waals surface area contributed by atoms with Crippen LogP contribution in [-0.4, -0.2) is 56.2 Å². The van der Waals surface area contributed by atoms with Crippen molar-refractivity contribution < 1.29 is 9.84 Å². The van der Waals surface area contributed by atoms with Gasteiger partial charge in [-0.3, -0.25) is 0 Å². The zero-order chi connectivity index (χ0) is 19.1. The number of aromatic nitrogens is 4. The Morgan fingerprint density at radius 2 is 1.85 bits per heavy atom. The number of ether oxygens (including phenoxy) is 1. The maximum absolute atomic E-state index is 10.5. The van der Waals surface area contributed by atoms with Crippen molar-refractivity contribution in [2.24, 2.45) is 5.41 Å². The highest BCUT2D eigenvalue weighted by Crippen LogP contribution is 2.42. The van der Waals surface area contributed by atoms with Crippen LogP contribution in [-0.2, 0) is 4.74 Å². The summed E-state index contributed by atoms with van der Waals surface area (Å²) in [5, 5.41) is 22.8. The molecule has 2 fully saturated rings. The molecule has 2 aliphatic rings. The van der Waals surface area contributed by atoms with Crippen molar-refractivity contribution >= 4 is 5.95 Å². The molecule has 4 rings (SSSR count). The zero-order valence-electron chi connectivity index (χ0n) is 16.4. The Hall–Kier alpha value is -1.99. The van der Waals surface area contributed by atoms with E-state index >= 15 is 0 Å². The lowest BCUT2D eigenvalue weighted by atomic mass is 9.76. The summed E-state index contributed by atoms with van der Waals surface area (Å²) in [7, 11) is 0. The van der Waals surface area contributed by atoms with Crippen molar-refractivity contribution in [1.82, 2.24) is 20.2 Å². The van der Waals surface area contributed by atoms with Crippen molar-refractivity contribution in [2.45, 2.75) is 64.3 Å². The number of aliphatic hydroxyl groups is 1. The van der Waals surface area contributed by atoms with E-state index in [9.17, 15) is 5.11 Å². The number of tetrazole rings is 1. The Balaban J connectivity index is 1.49. The van der Waals surface area contributed by atoms with Gasteiger partial charge in [0.25, 0.3) is 0 Å². The molecule has 0 bridgehead atoms. The molecule has 2 aliphatic heterocycles. The molecule has 7 heteroatoms. The second kappa shape index (κ2) is 6.87. The number of piperidine rings is 1. The molecule has 2 atom stereocenters. The summed E-state index contributed by atoms with van der Waals surface area (Å²) in [6.45, 7) is 8.19. The van der Waals surface area contributed by atoms with E-state index in [2.05, 4.69) is 41.2 Å². The van der Waals surface area contributed by atoms with E-state index in [1.54, 1.807) is 4.68 Å². The first-order valence-electron chi connectivity index (χ1n) is 9.81. The van der Waals surface area contributed by atoms with Gasteiger partial charge in [0.15, 0.2) is 0 Å². The SMILES string of the molecule is CC(C)(C)[C@H]1C[C@@H](O)CC2(CCN(c3nnnn3-c3ccccc3)CC2)O1. The van der Waals surface area contributed by atoms with Gasteiger partial charge in [-0.15, -0.1) is 0 Å². The lowest BCUT2D eigenvalue weighted by Gasteiger charge is -2.50. The van der Waals surface area contributed by atoms with Crippen molar-refractivity contribution in [2.75, 3.05) is 18.0 Å². The van der Waals surface area contributed by atoms with Crippen molar-refractivity contribution in [1.29, 1.82) is 0 Å². The molecule has 0 unspecified atom stereocenters. The van der Waals surface area contributed by atoms with Gasteiger partial charge < -0.3 is 14.7 Å². The first kappa shape index (κ1) is 18.4. The Bertz CT molecular complexity index is 762. The van der Waals surface area contributed by atoms with Gasteiger partial charge in [-0.05, 0) is 40.8 Å². The van der Waals surface area contributed by atoms with Crippen LogP contribution in [0.2, 0.25) is 0 Å². The number of hydrogen-bond donors (Lipinski definition) is 1. The van der Waals surface area contributed by atoms with Crippen LogP contribution in [0.1, 0.15) is 46.5 Å². The second-order valence-electron chi connectivity index (χ2n) is 8.96. The fourth-order valence-electron chi connectivity index (χ4n) is 4.24. The average Bonchev–Trinajstić information content (AvgIpc) is 3.11. The van der Waals surface area contributed by atoms with Gasteiger partial charge in [0, 0.05) is 25.9 Å². The van der Waals surface area contributed by atoms with E-state index in [0.29, 0.717) is 0 Å². The molecule has 1 aromatic heterocycles. The Morgan fingerprint density at radius 1 is 1.15 bits per heavy atom. The maximum atomic E-state index is 10.5. The van der Waals surface area contributed by atoms with Crippen molar-refractivity contribution in [3.05, 3.63) is 30.3 Å². The summed E-state index contributed by atoms with van der Waals surface area (Å²) in [5.74, 6) is 0.764. The smallest absolute Gasteiger partial charge is 0.250 e. The van der Waals surface area contributed by atoms with E-state index in [-0.39, 0.29) is 23.2 Å². The Kier molecular flexibility index (Phi) is 4.68. The molecule has 27 heavy (non-hydrogen) atoms. The van der Waals surface area contributed by atoms with E-state index in [1.165, 1.54) is 0 Å². The van der Waals surface area contributed by atoms with Crippen LogP contribution >= 0.6 is 0 Å². The number of aliphatic hydroxyl groups excluding tert-OH is 1. The van der Waals surface area contributed by atoms with Gasteiger partial charge in [-0.1, -0.05) is 44.1 Å². The molecule has 146 valence electrons. The number of nitrogens with zero attached hydrogens (tertiary/aromatic N) is 5. The maximum Gasteiger partial charge on any atom is 0.250 e. The van der Waals surface area contributed by atoms with Crippen LogP contribution in [0.25, 0.3) is 5.69 Å². The van der Waals surface area contributed by atoms with Gasteiger partial charge in [0.1, 0.15) is 0 Å². The Morgan fingerprint density at radius 3 is 2.52 bits per heavy atom. The largest absolute Gasteiger partial charge is 0.393 e. The number of anilines is 1. The monoisotopic (exact) mass is 371 g/mol. The number of benzene rings is 1. The normalized spacial score (nSPS) is 25.7. The summed E-state index contributed by atoms with van der Waals surface area (Å²) >= 11 is 0. The standard InChI is InChI=1S/C20H29N5O2/c1-19(2,3)17-13-16(26)14-20(27-17)9-11-24(12-10-20)18-21-22-23-25(18)15-7-5-4-6-8-15/h4-8,16-17,26H,9-14H2,1-3H3/t16-,17-/m1/s1. The molecule has 0 amide bonds. The molecule has 3 heterocycles. The first-order chi connectivity index (χ1) is 12.9. The fraction of sp³-hybridized carbons (Fsp3) is 0.650. The van der Waals surface area contributed by atoms with Crippen LogP contribution in [0.5, 0.6) is 0 Å². The van der Waals surface area contributed by atoms with Crippen LogP contribution in [0.3, 0.4) is 0 Å². The summed E-state index contributed by atoms with van der Waals surface area (Å²) in [5.41, 5.74) is 0.745. The lowest BCUT2D eigenvalue weighted by Crippen LogP contribution is -2.55. The average molecular weight is 371 g/mol. The van der Waals surface area contributed by atoms with Crippen molar-refractivity contribution in [3.8, 4) is 5.69 Å². The van der Waals surface area contributed by atoms with Gasteiger partial charge in [-0.2, -0.15) is 4.68 Å². The summed E-state index contributed by atoms with van der Waals surface area (Å²) in [4.78, 5) is 2.22. The highest BCUT2D eigenvalue weighted by Gasteiger charge is 2.46. The third-order valence-corrected chi connectivity index (χ3v) is 5.86. The summed E-state index contributed by atoms with van der Waals surface area (Å²) in [6, 6.07) is 9.95. The fourth-order valence-corrected chi connectivity index (χ4v) is 4.24. The number of hydrogen-bond acceptors (Lipinski definition) is 6. The van der Waals surface area contributed by atoms with Gasteiger partial charge in [0.2, 0.25) is 5.95 Å². The molecular weight excluding hydrogens is 342 g/mol. The second-order valence-corrected chi connectivity index (χ2v) is 8.96. The van der Waals surface area contributed by atoms with Gasteiger partial charge in [-0.25, -0.2) is 0 Å². The highest BCUT2D eigenvalue weighted by molar-refractivity contribution is 5.41. The molecule has 0 saturated carbocycles. The van der Waals surface area contributed by atoms with E-state index in [4.69, 9.17) is 4.74 Å². The minimum absolute atomic E-state index is 0.0307. The Labute approximate surface area is 160 Å². The third kappa shape index (κ3) is 3.71. The van der Waals surface area contributed by atoms with Gasteiger partial charge in [0.05, 0.1) is 23.5 Å². The molecule has 1 N–H and O–H groups in total. The van der Waals surface area contributed by atoms with E-state index in [0.717, 1.165) is 50.4 Å². The first-order valence-corrected chi connectivity index (χ1v) is 9.81. The molecule has 0 aliphatic carbocycles. The van der Waals surface area contributed by atoms with E-state index < -0.39 is 0 Å². The van der Waals surface area contributed by atoms with E-state index in [1.807, 2.05) is 30.3 Å². The summed E-state index contributed by atoms with van der Waals surface area (Å²) in [6.07, 6.45) is 2.99. The quantitative estimate of drug-likeness (QED) is 0.874. The van der Waals surface area contributed by atoms with Crippen LogP contribution in [0.4, 0.5) is 5.95 Å². The minimum Gasteiger partial charge on any atom is -0.393 e. The number of rotatable bonds is 2. The molecular formula is C20H29N5O2. The predicted octanol–water partition coefficient (Wildman–Crippen LogP) is 2.59. The molecule has 0 radical (unpaired) electrons. The minimum atomic E-state index is -0.288. The topological polar surface area (TPSA) is 76.3 Å². The van der Waals surface area contributed by atoms with Crippen LogP contribution < -0.4 is 4.90 Å². The summed E-state index contributed by atoms with van der Waals surface area (Å²) < 4.78 is 8.37. The molecule has 1 spiro atoms. The number of para-hydroxylation sites is 1. The van der Waals surface area contributed by atoms with Crippen molar-refractivity contribution in [3.63, 3.8) is 0 Å². The molecule has 1 aromatic carbocycles. The van der Waals surface area contributed by atoms with Crippen LogP contribution in [0, 0.1) is 5.41 Å². The molecule has 2 saturated heterocycles. The molecule has 7 nitrogen and oxygen atoms in total. The van der Waals surface area contributed by atoms with Gasteiger partial charge >= 0.3 is 0 Å². The highest BCUT2D eigenvalue weighted by atomic mass is 16.5. The van der Waals surface area contributed by atoms with Crippen LogP contribution in [0.15, 0.2) is 30.3 Å². The predicted molar refractivity (Wildman–Crippen MR) is 103 cm³/mol.